The average molecular weight is 302 g/mol. The topological polar surface area (TPSA) is 58.1 Å². The highest BCUT2D eigenvalue weighted by Gasteiger charge is 2.25. The second-order valence-corrected chi connectivity index (χ2v) is 6.78. The minimum atomic E-state index is 0.241. The van der Waals surface area contributed by atoms with Gasteiger partial charge in [0.2, 0.25) is 11.9 Å². The van der Waals surface area contributed by atoms with Gasteiger partial charge in [0, 0.05) is 36.9 Å². The van der Waals surface area contributed by atoms with Crippen LogP contribution in [0.3, 0.4) is 0 Å². The molecule has 0 radical (unpaired) electrons. The molecular weight excluding hydrogens is 276 g/mol. The lowest BCUT2D eigenvalue weighted by Crippen LogP contribution is -2.41. The van der Waals surface area contributed by atoms with Crippen molar-refractivity contribution in [2.24, 2.45) is 5.92 Å². The summed E-state index contributed by atoms with van der Waals surface area (Å²) < 4.78 is 0. The standard InChI is InChI=1S/C17H26N4O/c1-12-10-13(2)19-17(18-12)21-8-6-14(7-9-21)11-16(22)20-15-4-3-5-15/h10,14-15H,3-9,11H2,1-2H3,(H,20,22). The molecule has 1 aliphatic heterocycles. The van der Waals surface area contributed by atoms with E-state index in [1.807, 2.05) is 19.9 Å². The third-order valence-corrected chi connectivity index (χ3v) is 4.81. The van der Waals surface area contributed by atoms with Crippen LogP contribution in [0.2, 0.25) is 0 Å². The van der Waals surface area contributed by atoms with Crippen molar-refractivity contribution in [2.75, 3.05) is 18.0 Å². The highest BCUT2D eigenvalue weighted by Crippen LogP contribution is 2.24. The molecule has 1 aromatic heterocycles. The molecule has 2 fully saturated rings. The molecule has 2 heterocycles. The maximum atomic E-state index is 12.0. The maximum absolute atomic E-state index is 12.0. The molecule has 0 bridgehead atoms. The summed E-state index contributed by atoms with van der Waals surface area (Å²) in [4.78, 5) is 23.3. The van der Waals surface area contributed by atoms with E-state index in [1.54, 1.807) is 0 Å². The van der Waals surface area contributed by atoms with Crippen molar-refractivity contribution < 1.29 is 4.79 Å². The van der Waals surface area contributed by atoms with Gasteiger partial charge in [0.25, 0.3) is 0 Å². The van der Waals surface area contributed by atoms with Gasteiger partial charge >= 0.3 is 0 Å². The number of rotatable bonds is 4. The highest BCUT2D eigenvalue weighted by molar-refractivity contribution is 5.76. The highest BCUT2D eigenvalue weighted by atomic mass is 16.1. The number of piperidine rings is 1. The van der Waals surface area contributed by atoms with E-state index in [9.17, 15) is 4.79 Å². The number of amides is 1. The Kier molecular flexibility index (Phi) is 4.60. The number of hydrogen-bond acceptors (Lipinski definition) is 4. The van der Waals surface area contributed by atoms with Crippen LogP contribution in [-0.2, 0) is 4.79 Å². The Labute approximate surface area is 132 Å². The summed E-state index contributed by atoms with van der Waals surface area (Å²) >= 11 is 0. The van der Waals surface area contributed by atoms with Gasteiger partial charge in [-0.25, -0.2) is 9.97 Å². The minimum Gasteiger partial charge on any atom is -0.353 e. The fourth-order valence-corrected chi connectivity index (χ4v) is 3.29. The number of carbonyl (C=O) groups excluding carboxylic acids is 1. The number of anilines is 1. The Morgan fingerprint density at radius 1 is 1.18 bits per heavy atom. The van der Waals surface area contributed by atoms with Gasteiger partial charge in [0.05, 0.1) is 0 Å². The summed E-state index contributed by atoms with van der Waals surface area (Å²) in [6.07, 6.45) is 6.36. The molecule has 1 N–H and O–H groups in total. The van der Waals surface area contributed by atoms with Crippen LogP contribution in [0.25, 0.3) is 0 Å². The van der Waals surface area contributed by atoms with Crippen LogP contribution in [0, 0.1) is 19.8 Å². The van der Waals surface area contributed by atoms with Crippen LogP contribution >= 0.6 is 0 Å². The first-order valence-electron chi connectivity index (χ1n) is 8.47. The lowest BCUT2D eigenvalue weighted by Gasteiger charge is -2.33. The molecule has 2 aliphatic rings. The molecule has 0 aromatic carbocycles. The molecule has 1 saturated heterocycles. The fraction of sp³-hybridized carbons (Fsp3) is 0.706. The summed E-state index contributed by atoms with van der Waals surface area (Å²) in [5, 5.41) is 3.14. The molecule has 3 rings (SSSR count). The van der Waals surface area contributed by atoms with Crippen LogP contribution in [-0.4, -0.2) is 35.0 Å². The summed E-state index contributed by atoms with van der Waals surface area (Å²) in [7, 11) is 0. The molecule has 1 amide bonds. The molecule has 1 aliphatic carbocycles. The van der Waals surface area contributed by atoms with E-state index in [4.69, 9.17) is 0 Å². The lowest BCUT2D eigenvalue weighted by atomic mass is 9.91. The Bertz CT molecular complexity index is 513. The first kappa shape index (κ1) is 15.3. The molecule has 1 saturated carbocycles. The molecule has 5 nitrogen and oxygen atoms in total. The largest absolute Gasteiger partial charge is 0.353 e. The number of nitrogens with zero attached hydrogens (tertiary/aromatic N) is 3. The van der Waals surface area contributed by atoms with Gasteiger partial charge in [-0.15, -0.1) is 0 Å². The predicted molar refractivity (Wildman–Crippen MR) is 86.8 cm³/mol. The van der Waals surface area contributed by atoms with E-state index >= 15 is 0 Å². The first-order chi connectivity index (χ1) is 10.6. The maximum Gasteiger partial charge on any atom is 0.225 e. The fourth-order valence-electron chi connectivity index (χ4n) is 3.29. The van der Waals surface area contributed by atoms with E-state index < -0.39 is 0 Å². The van der Waals surface area contributed by atoms with Crippen LogP contribution in [0.1, 0.15) is 49.9 Å². The number of hydrogen-bond donors (Lipinski definition) is 1. The van der Waals surface area contributed by atoms with Crippen LogP contribution in [0.5, 0.6) is 0 Å². The van der Waals surface area contributed by atoms with Crippen LogP contribution in [0.4, 0.5) is 5.95 Å². The Morgan fingerprint density at radius 2 is 1.82 bits per heavy atom. The van der Waals surface area contributed by atoms with Gasteiger partial charge in [-0.2, -0.15) is 0 Å². The summed E-state index contributed by atoms with van der Waals surface area (Å²) in [6, 6.07) is 2.46. The quantitative estimate of drug-likeness (QED) is 0.927. The van der Waals surface area contributed by atoms with Gasteiger partial charge in [0.1, 0.15) is 0 Å². The van der Waals surface area contributed by atoms with Crippen LogP contribution in [0.15, 0.2) is 6.07 Å². The second kappa shape index (κ2) is 6.63. The Morgan fingerprint density at radius 3 is 2.36 bits per heavy atom. The van der Waals surface area contributed by atoms with Crippen molar-refractivity contribution in [1.82, 2.24) is 15.3 Å². The molecule has 0 atom stereocenters. The number of nitrogens with one attached hydrogen (secondary N) is 1. The minimum absolute atomic E-state index is 0.241. The zero-order valence-electron chi connectivity index (χ0n) is 13.6. The average Bonchev–Trinajstić information content (AvgIpc) is 2.43. The molecule has 1 aromatic rings. The third kappa shape index (κ3) is 3.76. The van der Waals surface area contributed by atoms with Crippen LogP contribution < -0.4 is 10.2 Å². The van der Waals surface area contributed by atoms with Crippen molar-refractivity contribution in [1.29, 1.82) is 0 Å². The van der Waals surface area contributed by atoms with E-state index in [-0.39, 0.29) is 5.91 Å². The number of carbonyl (C=O) groups is 1. The number of aromatic nitrogens is 2. The number of aryl methyl sites for hydroxylation is 2. The first-order valence-corrected chi connectivity index (χ1v) is 8.47. The summed E-state index contributed by atoms with van der Waals surface area (Å²) in [5.74, 6) is 1.59. The molecule has 5 heteroatoms. The molecule has 120 valence electrons. The lowest BCUT2D eigenvalue weighted by molar-refractivity contribution is -0.123. The van der Waals surface area contributed by atoms with Crippen molar-refractivity contribution in [3.8, 4) is 0 Å². The SMILES string of the molecule is Cc1cc(C)nc(N2CCC(CC(=O)NC3CCC3)CC2)n1. The monoisotopic (exact) mass is 302 g/mol. The zero-order valence-corrected chi connectivity index (χ0v) is 13.6. The third-order valence-electron chi connectivity index (χ3n) is 4.81. The van der Waals surface area contributed by atoms with Gasteiger partial charge < -0.3 is 10.2 Å². The Balaban J connectivity index is 1.48. The normalized spacial score (nSPS) is 19.8. The smallest absolute Gasteiger partial charge is 0.225 e. The van der Waals surface area contributed by atoms with E-state index in [1.165, 1.54) is 6.42 Å². The van der Waals surface area contributed by atoms with Crippen molar-refractivity contribution >= 4 is 11.9 Å². The zero-order chi connectivity index (χ0) is 15.5. The summed E-state index contributed by atoms with van der Waals surface area (Å²) in [6.45, 7) is 5.92. The van der Waals surface area contributed by atoms with Crippen molar-refractivity contribution in [3.05, 3.63) is 17.5 Å². The van der Waals surface area contributed by atoms with Gasteiger partial charge in [-0.3, -0.25) is 4.79 Å². The van der Waals surface area contributed by atoms with Crippen molar-refractivity contribution in [2.45, 2.75) is 58.4 Å². The van der Waals surface area contributed by atoms with Crippen molar-refractivity contribution in [3.63, 3.8) is 0 Å². The van der Waals surface area contributed by atoms with E-state index in [0.29, 0.717) is 18.4 Å². The molecule has 0 unspecified atom stereocenters. The van der Waals surface area contributed by atoms with Gasteiger partial charge in [-0.1, -0.05) is 0 Å². The molecule has 0 spiro atoms. The summed E-state index contributed by atoms with van der Waals surface area (Å²) in [5.41, 5.74) is 2.04. The van der Waals surface area contributed by atoms with Gasteiger partial charge in [0.15, 0.2) is 0 Å². The second-order valence-electron chi connectivity index (χ2n) is 6.78. The van der Waals surface area contributed by atoms with E-state index in [0.717, 1.165) is 56.1 Å². The molecule has 22 heavy (non-hydrogen) atoms. The Hall–Kier alpha value is -1.65. The van der Waals surface area contributed by atoms with E-state index in [2.05, 4.69) is 20.2 Å². The molecular formula is C17H26N4O. The predicted octanol–water partition coefficient (Wildman–Crippen LogP) is 2.37. The van der Waals surface area contributed by atoms with Gasteiger partial charge in [-0.05, 0) is 57.9 Å².